The molecule has 0 radical (unpaired) electrons. The van der Waals surface area contributed by atoms with Gasteiger partial charge in [0.15, 0.2) is 5.76 Å². The van der Waals surface area contributed by atoms with Crippen LogP contribution in [0, 0.1) is 5.92 Å². The number of hydrogen-bond acceptors (Lipinski definition) is 7. The predicted molar refractivity (Wildman–Crippen MR) is 102 cm³/mol. The van der Waals surface area contributed by atoms with E-state index in [-0.39, 0.29) is 24.5 Å². The minimum atomic E-state index is -0.777. The molecule has 0 spiro atoms. The number of rotatable bonds is 9. The maximum atomic E-state index is 12.1. The number of carbonyl (C=O) groups is 1. The molecule has 0 unspecified atom stereocenters. The quantitative estimate of drug-likeness (QED) is 0.634. The van der Waals surface area contributed by atoms with E-state index in [9.17, 15) is 19.8 Å². The van der Waals surface area contributed by atoms with Gasteiger partial charge in [0.25, 0.3) is 0 Å². The van der Waals surface area contributed by atoms with Gasteiger partial charge >= 0.3 is 5.97 Å². The van der Waals surface area contributed by atoms with E-state index in [1.807, 2.05) is 13.8 Å². The van der Waals surface area contributed by atoms with Crippen LogP contribution in [0.25, 0.3) is 0 Å². The van der Waals surface area contributed by atoms with Gasteiger partial charge < -0.3 is 24.1 Å². The summed E-state index contributed by atoms with van der Waals surface area (Å²) in [6.45, 7) is 5.96. The lowest BCUT2D eigenvalue weighted by molar-refractivity contribution is -0.143. The SMILES string of the molecule is CCOC(=O)C[C@H](c1cccc(OCC(C)C)c1)c1oc(CO)cc(=O)c1O. The summed E-state index contributed by atoms with van der Waals surface area (Å²) in [4.78, 5) is 24.2. The Balaban J connectivity index is 2.49. The van der Waals surface area contributed by atoms with E-state index in [0.29, 0.717) is 23.8 Å². The van der Waals surface area contributed by atoms with Crippen molar-refractivity contribution in [3.63, 3.8) is 0 Å². The Hall–Kier alpha value is -2.80. The zero-order valence-electron chi connectivity index (χ0n) is 16.3. The summed E-state index contributed by atoms with van der Waals surface area (Å²) in [5, 5.41) is 19.6. The van der Waals surface area contributed by atoms with Crippen LogP contribution in [-0.4, -0.2) is 29.4 Å². The van der Waals surface area contributed by atoms with Crippen molar-refractivity contribution in [2.24, 2.45) is 5.92 Å². The molecular weight excluding hydrogens is 364 g/mol. The first-order valence-electron chi connectivity index (χ1n) is 9.20. The molecule has 0 aliphatic heterocycles. The van der Waals surface area contributed by atoms with Crippen molar-refractivity contribution >= 4 is 5.97 Å². The Morgan fingerprint density at radius 2 is 2.00 bits per heavy atom. The van der Waals surface area contributed by atoms with Gasteiger partial charge in [-0.05, 0) is 30.5 Å². The third-order valence-corrected chi connectivity index (χ3v) is 3.99. The van der Waals surface area contributed by atoms with E-state index in [0.717, 1.165) is 6.07 Å². The van der Waals surface area contributed by atoms with Crippen molar-refractivity contribution < 1.29 is 28.9 Å². The second kappa shape index (κ2) is 9.94. The van der Waals surface area contributed by atoms with Gasteiger partial charge in [-0.2, -0.15) is 0 Å². The van der Waals surface area contributed by atoms with Gasteiger partial charge in [-0.1, -0.05) is 26.0 Å². The highest BCUT2D eigenvalue weighted by atomic mass is 16.5. The fraction of sp³-hybridized carbons (Fsp3) is 0.429. The van der Waals surface area contributed by atoms with Crippen molar-refractivity contribution in [1.82, 2.24) is 0 Å². The predicted octanol–water partition coefficient (Wildman–Crippen LogP) is 2.96. The molecule has 0 amide bonds. The summed E-state index contributed by atoms with van der Waals surface area (Å²) >= 11 is 0. The van der Waals surface area contributed by atoms with Crippen LogP contribution in [0.1, 0.15) is 50.2 Å². The monoisotopic (exact) mass is 390 g/mol. The number of aliphatic hydroxyl groups excluding tert-OH is 1. The van der Waals surface area contributed by atoms with Crippen LogP contribution in [0.5, 0.6) is 11.5 Å². The lowest BCUT2D eigenvalue weighted by Crippen LogP contribution is -2.15. The first-order chi connectivity index (χ1) is 13.3. The smallest absolute Gasteiger partial charge is 0.306 e. The minimum absolute atomic E-state index is 0.00105. The molecule has 2 N–H and O–H groups in total. The molecule has 0 bridgehead atoms. The number of ether oxygens (including phenoxy) is 2. The Bertz CT molecular complexity index is 854. The van der Waals surface area contributed by atoms with Crippen LogP contribution < -0.4 is 10.2 Å². The molecule has 152 valence electrons. The molecule has 0 aliphatic carbocycles. The number of aliphatic hydroxyl groups is 1. The number of hydrogen-bond donors (Lipinski definition) is 2. The maximum absolute atomic E-state index is 12.1. The molecule has 2 rings (SSSR count). The topological polar surface area (TPSA) is 106 Å². The highest BCUT2D eigenvalue weighted by Crippen LogP contribution is 2.34. The highest BCUT2D eigenvalue weighted by molar-refractivity contribution is 5.71. The molecule has 0 fully saturated rings. The average Bonchev–Trinajstić information content (AvgIpc) is 2.67. The molecular formula is C21H26O7. The van der Waals surface area contributed by atoms with E-state index >= 15 is 0 Å². The Kier molecular flexibility index (Phi) is 7.63. The second-order valence-electron chi connectivity index (χ2n) is 6.79. The third-order valence-electron chi connectivity index (χ3n) is 3.99. The Labute approximate surface area is 163 Å². The van der Waals surface area contributed by atoms with Gasteiger partial charge in [-0.15, -0.1) is 0 Å². The van der Waals surface area contributed by atoms with Gasteiger partial charge in [0.05, 0.1) is 25.6 Å². The van der Waals surface area contributed by atoms with Crippen molar-refractivity contribution in [2.45, 2.75) is 39.7 Å². The second-order valence-corrected chi connectivity index (χ2v) is 6.79. The molecule has 28 heavy (non-hydrogen) atoms. The zero-order valence-corrected chi connectivity index (χ0v) is 16.3. The van der Waals surface area contributed by atoms with Crippen molar-refractivity contribution in [3.05, 3.63) is 57.6 Å². The van der Waals surface area contributed by atoms with Crippen LogP contribution in [0.3, 0.4) is 0 Å². The van der Waals surface area contributed by atoms with Gasteiger partial charge in [-0.3, -0.25) is 9.59 Å². The zero-order chi connectivity index (χ0) is 20.7. The average molecular weight is 390 g/mol. The lowest BCUT2D eigenvalue weighted by Gasteiger charge is -2.18. The molecule has 1 atom stereocenters. The van der Waals surface area contributed by atoms with Crippen molar-refractivity contribution in [2.75, 3.05) is 13.2 Å². The highest BCUT2D eigenvalue weighted by Gasteiger charge is 2.27. The first kappa shape index (κ1) is 21.5. The summed E-state index contributed by atoms with van der Waals surface area (Å²) in [7, 11) is 0. The van der Waals surface area contributed by atoms with Crippen LogP contribution in [0.4, 0.5) is 0 Å². The number of aromatic hydroxyl groups is 1. The summed E-state index contributed by atoms with van der Waals surface area (Å²) in [5.41, 5.74) is -0.0748. The van der Waals surface area contributed by atoms with Crippen LogP contribution >= 0.6 is 0 Å². The summed E-state index contributed by atoms with van der Waals surface area (Å²) in [5.74, 6) is -1.04. The maximum Gasteiger partial charge on any atom is 0.306 e. The van der Waals surface area contributed by atoms with E-state index in [1.54, 1.807) is 31.2 Å². The normalized spacial score (nSPS) is 12.0. The summed E-state index contributed by atoms with van der Waals surface area (Å²) in [6, 6.07) is 8.04. The summed E-state index contributed by atoms with van der Waals surface area (Å²) < 4.78 is 16.3. The number of esters is 1. The van der Waals surface area contributed by atoms with Gasteiger partial charge in [0.2, 0.25) is 11.2 Å². The minimum Gasteiger partial charge on any atom is -0.502 e. The van der Waals surface area contributed by atoms with E-state index in [4.69, 9.17) is 13.9 Å². The van der Waals surface area contributed by atoms with E-state index in [2.05, 4.69) is 0 Å². The first-order valence-corrected chi connectivity index (χ1v) is 9.20. The van der Waals surface area contributed by atoms with E-state index < -0.39 is 29.7 Å². The van der Waals surface area contributed by atoms with Gasteiger partial charge in [0, 0.05) is 6.07 Å². The third kappa shape index (κ3) is 5.60. The molecule has 7 nitrogen and oxygen atoms in total. The molecule has 7 heteroatoms. The molecule has 2 aromatic rings. The van der Waals surface area contributed by atoms with Crippen molar-refractivity contribution in [1.29, 1.82) is 0 Å². The fourth-order valence-electron chi connectivity index (χ4n) is 2.70. The largest absolute Gasteiger partial charge is 0.502 e. The fourth-order valence-corrected chi connectivity index (χ4v) is 2.70. The molecule has 0 saturated carbocycles. The molecule has 1 aromatic carbocycles. The Morgan fingerprint density at radius 1 is 1.25 bits per heavy atom. The standard InChI is InChI=1S/C21H26O7/c1-4-26-19(24)10-17(21-20(25)18(23)9-16(11-22)28-21)14-6-5-7-15(8-14)27-12-13(2)3/h5-9,13,17,22,25H,4,10-12H2,1-3H3/t17-/m1/s1. The number of carbonyl (C=O) groups excluding carboxylic acids is 1. The van der Waals surface area contributed by atoms with Crippen molar-refractivity contribution in [3.8, 4) is 11.5 Å². The van der Waals surface area contributed by atoms with Crippen LogP contribution in [0.2, 0.25) is 0 Å². The van der Waals surface area contributed by atoms with Gasteiger partial charge in [-0.25, -0.2) is 0 Å². The molecule has 1 heterocycles. The van der Waals surface area contributed by atoms with Crippen LogP contribution in [0.15, 0.2) is 39.5 Å². The number of benzene rings is 1. The molecule has 0 saturated heterocycles. The molecule has 0 aliphatic rings. The van der Waals surface area contributed by atoms with E-state index in [1.165, 1.54) is 0 Å². The Morgan fingerprint density at radius 3 is 2.64 bits per heavy atom. The van der Waals surface area contributed by atoms with Gasteiger partial charge in [0.1, 0.15) is 18.1 Å². The molecule has 1 aromatic heterocycles. The summed E-state index contributed by atoms with van der Waals surface area (Å²) in [6.07, 6.45) is -0.146. The van der Waals surface area contributed by atoms with Crippen LogP contribution in [-0.2, 0) is 16.1 Å². The lowest BCUT2D eigenvalue weighted by atomic mass is 9.92.